The van der Waals surface area contributed by atoms with Crippen molar-refractivity contribution in [3.05, 3.63) is 29.8 Å². The Kier molecular flexibility index (Phi) is 4.87. The van der Waals surface area contributed by atoms with E-state index in [4.69, 9.17) is 15.6 Å². The SMILES string of the molecule is CN(CC(=O)O)C(=O)c1ccccc1OCC(N)=O. The number of hydrogen-bond donors (Lipinski definition) is 2. The molecule has 0 aliphatic heterocycles. The van der Waals surface area contributed by atoms with Crippen molar-refractivity contribution in [2.24, 2.45) is 5.73 Å². The number of primary amides is 1. The number of amides is 2. The van der Waals surface area contributed by atoms with Gasteiger partial charge in [0.1, 0.15) is 12.3 Å². The molecule has 7 nitrogen and oxygen atoms in total. The van der Waals surface area contributed by atoms with Gasteiger partial charge in [0.05, 0.1) is 5.56 Å². The quantitative estimate of drug-likeness (QED) is 0.735. The van der Waals surface area contributed by atoms with Crippen molar-refractivity contribution in [3.63, 3.8) is 0 Å². The minimum absolute atomic E-state index is 0.174. The van der Waals surface area contributed by atoms with E-state index in [1.807, 2.05) is 0 Å². The van der Waals surface area contributed by atoms with Crippen LogP contribution < -0.4 is 10.5 Å². The first-order chi connectivity index (χ1) is 8.91. The number of nitrogens with two attached hydrogens (primary N) is 1. The topological polar surface area (TPSA) is 110 Å². The first-order valence-corrected chi connectivity index (χ1v) is 5.39. The summed E-state index contributed by atoms with van der Waals surface area (Å²) in [5.74, 6) is -2.11. The van der Waals surface area contributed by atoms with Crippen LogP contribution in [-0.2, 0) is 9.59 Å². The lowest BCUT2D eigenvalue weighted by Crippen LogP contribution is -2.32. The number of likely N-dealkylation sites (N-methyl/N-ethyl adjacent to an activating group) is 1. The third-order valence-electron chi connectivity index (χ3n) is 2.21. The molecule has 0 bridgehead atoms. The summed E-state index contributed by atoms with van der Waals surface area (Å²) < 4.78 is 5.11. The van der Waals surface area contributed by atoms with Crippen LogP contribution in [0.15, 0.2) is 24.3 Å². The Bertz CT molecular complexity index is 501. The predicted molar refractivity (Wildman–Crippen MR) is 65.7 cm³/mol. The van der Waals surface area contributed by atoms with Crippen LogP contribution in [0.3, 0.4) is 0 Å². The third kappa shape index (κ3) is 4.30. The van der Waals surface area contributed by atoms with E-state index in [1.54, 1.807) is 12.1 Å². The number of hydrogen-bond acceptors (Lipinski definition) is 4. The average molecular weight is 266 g/mol. The van der Waals surface area contributed by atoms with Gasteiger partial charge in [-0.05, 0) is 12.1 Å². The van der Waals surface area contributed by atoms with Crippen molar-refractivity contribution >= 4 is 17.8 Å². The molecule has 0 saturated heterocycles. The van der Waals surface area contributed by atoms with Crippen LogP contribution >= 0.6 is 0 Å². The van der Waals surface area contributed by atoms with Gasteiger partial charge in [0.25, 0.3) is 11.8 Å². The summed E-state index contributed by atoms with van der Waals surface area (Å²) in [5.41, 5.74) is 5.13. The summed E-state index contributed by atoms with van der Waals surface area (Å²) in [6.45, 7) is -0.782. The van der Waals surface area contributed by atoms with Crippen molar-refractivity contribution in [1.29, 1.82) is 0 Å². The Morgan fingerprint density at radius 1 is 1.32 bits per heavy atom. The van der Waals surface area contributed by atoms with Gasteiger partial charge in [-0.2, -0.15) is 0 Å². The highest BCUT2D eigenvalue weighted by atomic mass is 16.5. The Balaban J connectivity index is 2.89. The first-order valence-electron chi connectivity index (χ1n) is 5.39. The lowest BCUT2D eigenvalue weighted by atomic mass is 10.2. The molecule has 0 unspecified atom stereocenters. The summed E-state index contributed by atoms with van der Waals surface area (Å²) in [7, 11) is 1.36. The summed E-state index contributed by atoms with van der Waals surface area (Å²) in [6.07, 6.45) is 0. The lowest BCUT2D eigenvalue weighted by Gasteiger charge is -2.16. The second-order valence-electron chi connectivity index (χ2n) is 3.81. The number of benzene rings is 1. The number of ether oxygens (including phenoxy) is 1. The average Bonchev–Trinajstić information content (AvgIpc) is 2.35. The van der Waals surface area contributed by atoms with Crippen molar-refractivity contribution in [2.75, 3.05) is 20.2 Å². The number of carbonyl (C=O) groups is 3. The van der Waals surface area contributed by atoms with Gasteiger partial charge in [0, 0.05) is 7.05 Å². The zero-order chi connectivity index (χ0) is 14.4. The Morgan fingerprint density at radius 3 is 2.53 bits per heavy atom. The summed E-state index contributed by atoms with van der Waals surface area (Å²) in [6, 6.07) is 6.23. The molecule has 0 fully saturated rings. The molecule has 19 heavy (non-hydrogen) atoms. The smallest absolute Gasteiger partial charge is 0.323 e. The van der Waals surface area contributed by atoms with Gasteiger partial charge in [-0.3, -0.25) is 14.4 Å². The van der Waals surface area contributed by atoms with Crippen molar-refractivity contribution < 1.29 is 24.2 Å². The van der Waals surface area contributed by atoms with Gasteiger partial charge < -0.3 is 20.5 Å². The van der Waals surface area contributed by atoms with Crippen LogP contribution in [0.4, 0.5) is 0 Å². The second-order valence-corrected chi connectivity index (χ2v) is 3.81. The fourth-order valence-electron chi connectivity index (χ4n) is 1.40. The van der Waals surface area contributed by atoms with E-state index in [0.717, 1.165) is 4.90 Å². The number of aliphatic carboxylic acids is 1. The largest absolute Gasteiger partial charge is 0.483 e. The van der Waals surface area contributed by atoms with Crippen molar-refractivity contribution in [1.82, 2.24) is 4.90 Å². The molecule has 1 aromatic carbocycles. The molecular formula is C12H14N2O5. The van der Waals surface area contributed by atoms with E-state index in [1.165, 1.54) is 19.2 Å². The molecule has 0 heterocycles. The minimum atomic E-state index is -1.12. The van der Waals surface area contributed by atoms with Crippen molar-refractivity contribution in [3.8, 4) is 5.75 Å². The highest BCUT2D eigenvalue weighted by Crippen LogP contribution is 2.19. The monoisotopic (exact) mass is 266 g/mol. The first kappa shape index (κ1) is 14.5. The molecule has 2 amide bonds. The van der Waals surface area contributed by atoms with E-state index in [9.17, 15) is 14.4 Å². The van der Waals surface area contributed by atoms with Crippen LogP contribution in [-0.4, -0.2) is 48.0 Å². The van der Waals surface area contributed by atoms with Crippen LogP contribution in [0, 0.1) is 0 Å². The predicted octanol–water partition coefficient (Wildman–Crippen LogP) is -0.293. The molecule has 0 spiro atoms. The molecule has 0 atom stereocenters. The molecule has 0 aliphatic carbocycles. The molecule has 1 aromatic rings. The number of carbonyl (C=O) groups excluding carboxylic acids is 2. The van der Waals surface area contributed by atoms with Gasteiger partial charge in [-0.1, -0.05) is 12.1 Å². The molecule has 102 valence electrons. The Morgan fingerprint density at radius 2 is 1.95 bits per heavy atom. The van der Waals surface area contributed by atoms with E-state index in [-0.39, 0.29) is 17.9 Å². The zero-order valence-electron chi connectivity index (χ0n) is 10.3. The Hall–Kier alpha value is -2.57. The molecular weight excluding hydrogens is 252 g/mol. The second kappa shape index (κ2) is 6.39. The van der Waals surface area contributed by atoms with Crippen LogP contribution in [0.25, 0.3) is 0 Å². The number of para-hydroxylation sites is 1. The maximum absolute atomic E-state index is 12.0. The normalized spacial score (nSPS) is 9.74. The minimum Gasteiger partial charge on any atom is -0.483 e. The zero-order valence-corrected chi connectivity index (χ0v) is 10.3. The molecule has 0 aliphatic rings. The molecule has 0 aromatic heterocycles. The van der Waals surface area contributed by atoms with E-state index in [2.05, 4.69) is 0 Å². The molecule has 7 heteroatoms. The third-order valence-corrected chi connectivity index (χ3v) is 2.21. The van der Waals surface area contributed by atoms with E-state index in [0.29, 0.717) is 0 Å². The van der Waals surface area contributed by atoms with Crippen LogP contribution in [0.5, 0.6) is 5.75 Å². The van der Waals surface area contributed by atoms with Crippen molar-refractivity contribution in [2.45, 2.75) is 0 Å². The maximum Gasteiger partial charge on any atom is 0.323 e. The van der Waals surface area contributed by atoms with Gasteiger partial charge in [-0.25, -0.2) is 0 Å². The van der Waals surface area contributed by atoms with E-state index >= 15 is 0 Å². The Labute approximate surface area is 109 Å². The highest BCUT2D eigenvalue weighted by Gasteiger charge is 2.18. The molecule has 0 saturated carbocycles. The van der Waals surface area contributed by atoms with Gasteiger partial charge >= 0.3 is 5.97 Å². The van der Waals surface area contributed by atoms with Crippen LogP contribution in [0.1, 0.15) is 10.4 Å². The lowest BCUT2D eigenvalue weighted by molar-refractivity contribution is -0.137. The summed E-state index contributed by atoms with van der Waals surface area (Å²) in [4.78, 5) is 34.3. The van der Waals surface area contributed by atoms with Crippen LogP contribution in [0.2, 0.25) is 0 Å². The fraction of sp³-hybridized carbons (Fsp3) is 0.250. The molecule has 0 radical (unpaired) electrons. The standard InChI is InChI=1S/C12H14N2O5/c1-14(6-11(16)17)12(18)8-4-2-3-5-9(8)19-7-10(13)15/h2-5H,6-7H2,1H3,(H2,13,15)(H,16,17). The number of carboxylic acids is 1. The number of rotatable bonds is 6. The van der Waals surface area contributed by atoms with E-state index < -0.39 is 24.3 Å². The number of nitrogens with zero attached hydrogens (tertiary/aromatic N) is 1. The molecule has 1 rings (SSSR count). The van der Waals surface area contributed by atoms with Gasteiger partial charge in [0.15, 0.2) is 6.61 Å². The molecule has 3 N–H and O–H groups in total. The maximum atomic E-state index is 12.0. The summed E-state index contributed by atoms with van der Waals surface area (Å²) >= 11 is 0. The van der Waals surface area contributed by atoms with Gasteiger partial charge in [-0.15, -0.1) is 0 Å². The summed E-state index contributed by atoms with van der Waals surface area (Å²) in [5, 5.41) is 8.64. The van der Waals surface area contributed by atoms with Gasteiger partial charge in [0.2, 0.25) is 0 Å². The number of carboxylic acid groups (broad SMARTS) is 1. The fourth-order valence-corrected chi connectivity index (χ4v) is 1.40. The highest BCUT2D eigenvalue weighted by molar-refractivity contribution is 5.98.